The minimum Gasteiger partial charge on any atom is -0.381 e. The highest BCUT2D eigenvalue weighted by Gasteiger charge is 2.42. The van der Waals surface area contributed by atoms with E-state index in [9.17, 15) is 9.59 Å². The third-order valence-corrected chi connectivity index (χ3v) is 3.40. The van der Waals surface area contributed by atoms with Crippen molar-refractivity contribution in [2.24, 2.45) is 5.92 Å². The van der Waals surface area contributed by atoms with Crippen molar-refractivity contribution in [1.29, 1.82) is 0 Å². The summed E-state index contributed by atoms with van der Waals surface area (Å²) in [5.41, 5.74) is -0.738. The molecule has 2 saturated heterocycles. The minimum absolute atomic E-state index is 0.00324. The van der Waals surface area contributed by atoms with Crippen LogP contribution in [0.3, 0.4) is 0 Å². The Hall–Kier alpha value is -1.10. The molecule has 2 rings (SSSR count). The van der Waals surface area contributed by atoms with E-state index in [-0.39, 0.29) is 18.4 Å². The normalized spacial score (nSPS) is 29.4. The van der Waals surface area contributed by atoms with Crippen LogP contribution in [-0.4, -0.2) is 48.6 Å². The summed E-state index contributed by atoms with van der Waals surface area (Å²) in [6.45, 7) is 5.78. The molecule has 1 N–H and O–H groups in total. The molecule has 1 unspecified atom stereocenters. The van der Waals surface area contributed by atoms with Crippen LogP contribution in [0, 0.1) is 5.92 Å². The molecule has 16 heavy (non-hydrogen) atoms. The summed E-state index contributed by atoms with van der Waals surface area (Å²) in [4.78, 5) is 25.2. The Morgan fingerprint density at radius 1 is 1.50 bits per heavy atom. The van der Waals surface area contributed by atoms with Gasteiger partial charge in [-0.3, -0.25) is 9.59 Å². The van der Waals surface area contributed by atoms with E-state index in [0.29, 0.717) is 19.1 Å². The Morgan fingerprint density at radius 3 is 2.88 bits per heavy atom. The zero-order chi connectivity index (χ0) is 11.8. The van der Waals surface area contributed by atoms with Gasteiger partial charge in [0.2, 0.25) is 11.8 Å². The van der Waals surface area contributed by atoms with Crippen LogP contribution in [0.5, 0.6) is 0 Å². The SMILES string of the molecule is CC1(C)C(=O)NCC(=O)N1CC1CCOC1. The first-order valence-electron chi connectivity index (χ1n) is 5.68. The molecular formula is C11H18N2O3. The van der Waals surface area contributed by atoms with Crippen molar-refractivity contribution in [1.82, 2.24) is 10.2 Å². The highest BCUT2D eigenvalue weighted by molar-refractivity contribution is 5.97. The Kier molecular flexibility index (Phi) is 2.88. The molecule has 0 aliphatic carbocycles. The fourth-order valence-electron chi connectivity index (χ4n) is 2.22. The topological polar surface area (TPSA) is 58.6 Å². The van der Waals surface area contributed by atoms with Gasteiger partial charge in [0, 0.05) is 19.1 Å². The molecule has 2 fully saturated rings. The Labute approximate surface area is 95.1 Å². The highest BCUT2D eigenvalue weighted by atomic mass is 16.5. The third kappa shape index (κ3) is 1.91. The van der Waals surface area contributed by atoms with Gasteiger partial charge < -0.3 is 15.0 Å². The minimum atomic E-state index is -0.738. The first-order valence-corrected chi connectivity index (χ1v) is 5.68. The van der Waals surface area contributed by atoms with Gasteiger partial charge in [0.25, 0.3) is 0 Å². The standard InChI is InChI=1S/C11H18N2O3/c1-11(2)10(15)12-5-9(14)13(11)6-8-3-4-16-7-8/h8H,3-7H2,1-2H3,(H,12,15). The van der Waals surface area contributed by atoms with Crippen molar-refractivity contribution in [3.05, 3.63) is 0 Å². The van der Waals surface area contributed by atoms with Crippen molar-refractivity contribution in [3.8, 4) is 0 Å². The van der Waals surface area contributed by atoms with Crippen LogP contribution >= 0.6 is 0 Å². The lowest BCUT2D eigenvalue weighted by Gasteiger charge is -2.42. The van der Waals surface area contributed by atoms with Gasteiger partial charge >= 0.3 is 0 Å². The molecule has 0 aromatic carbocycles. The van der Waals surface area contributed by atoms with Gasteiger partial charge in [-0.15, -0.1) is 0 Å². The molecule has 90 valence electrons. The number of nitrogens with zero attached hydrogens (tertiary/aromatic N) is 1. The largest absolute Gasteiger partial charge is 0.381 e. The zero-order valence-electron chi connectivity index (χ0n) is 9.78. The summed E-state index contributed by atoms with van der Waals surface area (Å²) in [7, 11) is 0. The quantitative estimate of drug-likeness (QED) is 0.707. The lowest BCUT2D eigenvalue weighted by atomic mass is 9.96. The van der Waals surface area contributed by atoms with Gasteiger partial charge in [0.1, 0.15) is 5.54 Å². The second kappa shape index (κ2) is 4.05. The molecule has 2 heterocycles. The number of amides is 2. The van der Waals surface area contributed by atoms with Gasteiger partial charge in [-0.05, 0) is 20.3 Å². The maximum atomic E-state index is 11.8. The predicted octanol–water partition coefficient (Wildman–Crippen LogP) is -0.240. The maximum Gasteiger partial charge on any atom is 0.245 e. The molecule has 2 aliphatic rings. The summed E-state index contributed by atoms with van der Waals surface area (Å²) in [6.07, 6.45) is 0.974. The Morgan fingerprint density at radius 2 is 2.25 bits per heavy atom. The Balaban J connectivity index is 2.08. The zero-order valence-corrected chi connectivity index (χ0v) is 9.78. The van der Waals surface area contributed by atoms with Gasteiger partial charge in [0.15, 0.2) is 0 Å². The third-order valence-electron chi connectivity index (χ3n) is 3.40. The average molecular weight is 226 g/mol. The number of ether oxygens (including phenoxy) is 1. The van der Waals surface area contributed by atoms with Crippen LogP contribution in [0.25, 0.3) is 0 Å². The number of carbonyl (C=O) groups is 2. The van der Waals surface area contributed by atoms with E-state index in [1.165, 1.54) is 0 Å². The summed E-state index contributed by atoms with van der Waals surface area (Å²) >= 11 is 0. The summed E-state index contributed by atoms with van der Waals surface area (Å²) in [6, 6.07) is 0. The lowest BCUT2D eigenvalue weighted by Crippen LogP contribution is -2.65. The van der Waals surface area contributed by atoms with Gasteiger partial charge in [-0.1, -0.05) is 0 Å². The molecule has 5 heteroatoms. The fraction of sp³-hybridized carbons (Fsp3) is 0.818. The van der Waals surface area contributed by atoms with Crippen molar-refractivity contribution in [2.45, 2.75) is 25.8 Å². The number of carbonyl (C=O) groups excluding carboxylic acids is 2. The molecule has 0 aromatic rings. The number of nitrogens with one attached hydrogen (secondary N) is 1. The summed E-state index contributed by atoms with van der Waals surface area (Å²) < 4.78 is 5.29. The van der Waals surface area contributed by atoms with Gasteiger partial charge in [-0.2, -0.15) is 0 Å². The van der Waals surface area contributed by atoms with Crippen LogP contribution in [-0.2, 0) is 14.3 Å². The van der Waals surface area contributed by atoms with E-state index in [1.54, 1.807) is 18.7 Å². The second-order valence-electron chi connectivity index (χ2n) is 4.98. The van der Waals surface area contributed by atoms with E-state index < -0.39 is 5.54 Å². The molecule has 0 aromatic heterocycles. The first-order chi connectivity index (χ1) is 7.51. The molecule has 2 amide bonds. The van der Waals surface area contributed by atoms with E-state index in [4.69, 9.17) is 4.74 Å². The molecule has 2 aliphatic heterocycles. The molecule has 1 atom stereocenters. The van der Waals surface area contributed by atoms with E-state index in [1.807, 2.05) is 0 Å². The maximum absolute atomic E-state index is 11.8. The van der Waals surface area contributed by atoms with Crippen LogP contribution in [0.15, 0.2) is 0 Å². The summed E-state index contributed by atoms with van der Waals surface area (Å²) in [5.74, 6) is 0.289. The molecule has 0 spiro atoms. The van der Waals surface area contributed by atoms with Crippen LogP contribution in [0.4, 0.5) is 0 Å². The van der Waals surface area contributed by atoms with Crippen molar-refractivity contribution in [2.75, 3.05) is 26.3 Å². The average Bonchev–Trinajstić information content (AvgIpc) is 2.72. The van der Waals surface area contributed by atoms with Crippen LogP contribution < -0.4 is 5.32 Å². The van der Waals surface area contributed by atoms with Crippen LogP contribution in [0.1, 0.15) is 20.3 Å². The molecule has 0 bridgehead atoms. The molecular weight excluding hydrogens is 208 g/mol. The predicted molar refractivity (Wildman–Crippen MR) is 57.7 cm³/mol. The molecule has 5 nitrogen and oxygen atoms in total. The smallest absolute Gasteiger partial charge is 0.245 e. The number of hydrogen-bond donors (Lipinski definition) is 1. The summed E-state index contributed by atoms with van der Waals surface area (Å²) in [5, 5.41) is 2.62. The van der Waals surface area contributed by atoms with Gasteiger partial charge in [0.05, 0.1) is 13.2 Å². The number of piperazine rings is 1. The first kappa shape index (κ1) is 11.4. The second-order valence-corrected chi connectivity index (χ2v) is 4.98. The van der Waals surface area contributed by atoms with Gasteiger partial charge in [-0.25, -0.2) is 0 Å². The van der Waals surface area contributed by atoms with Crippen molar-refractivity contribution in [3.63, 3.8) is 0 Å². The lowest BCUT2D eigenvalue weighted by molar-refractivity contribution is -0.152. The van der Waals surface area contributed by atoms with Crippen LogP contribution in [0.2, 0.25) is 0 Å². The number of rotatable bonds is 2. The van der Waals surface area contributed by atoms with Crippen molar-refractivity contribution < 1.29 is 14.3 Å². The highest BCUT2D eigenvalue weighted by Crippen LogP contribution is 2.23. The van der Waals surface area contributed by atoms with E-state index in [2.05, 4.69) is 5.32 Å². The van der Waals surface area contributed by atoms with E-state index in [0.717, 1.165) is 13.0 Å². The van der Waals surface area contributed by atoms with E-state index >= 15 is 0 Å². The monoisotopic (exact) mass is 226 g/mol. The molecule has 0 saturated carbocycles. The number of hydrogen-bond acceptors (Lipinski definition) is 3. The fourth-order valence-corrected chi connectivity index (χ4v) is 2.22. The molecule has 0 radical (unpaired) electrons. The Bertz CT molecular complexity index is 308. The van der Waals surface area contributed by atoms with Crippen molar-refractivity contribution >= 4 is 11.8 Å².